The Morgan fingerprint density at radius 1 is 1.32 bits per heavy atom. The zero-order valence-electron chi connectivity index (χ0n) is 9.95. The lowest BCUT2D eigenvalue weighted by Gasteiger charge is -2.10. The highest BCUT2D eigenvalue weighted by molar-refractivity contribution is 9.10. The van der Waals surface area contributed by atoms with Gasteiger partial charge in [-0.3, -0.25) is 0 Å². The van der Waals surface area contributed by atoms with Crippen LogP contribution in [0.15, 0.2) is 34.9 Å². The van der Waals surface area contributed by atoms with Crippen LogP contribution in [0.4, 0.5) is 13.2 Å². The van der Waals surface area contributed by atoms with Crippen molar-refractivity contribution in [3.8, 4) is 5.69 Å². The Hall–Kier alpha value is -1.34. The second kappa shape index (κ2) is 4.97. The van der Waals surface area contributed by atoms with Crippen molar-refractivity contribution >= 4 is 15.9 Å². The van der Waals surface area contributed by atoms with Gasteiger partial charge in [0.2, 0.25) is 0 Å². The molecule has 0 fully saturated rings. The van der Waals surface area contributed by atoms with Gasteiger partial charge in [0.25, 0.3) is 0 Å². The van der Waals surface area contributed by atoms with Crippen LogP contribution in [-0.4, -0.2) is 9.78 Å². The zero-order chi connectivity index (χ0) is 14.2. The molecule has 1 aromatic carbocycles. The number of hydrogen-bond donors (Lipinski definition) is 1. The maximum atomic E-state index is 12.5. The summed E-state index contributed by atoms with van der Waals surface area (Å²) in [5.41, 5.74) is 6.26. The van der Waals surface area contributed by atoms with Crippen LogP contribution in [0, 0.1) is 0 Å². The van der Waals surface area contributed by atoms with Gasteiger partial charge in [-0.25, -0.2) is 4.68 Å². The van der Waals surface area contributed by atoms with Gasteiger partial charge in [-0.2, -0.15) is 18.3 Å². The number of hydrogen-bond acceptors (Lipinski definition) is 2. The fourth-order valence-corrected chi connectivity index (χ4v) is 2.37. The Balaban J connectivity index is 2.38. The predicted molar refractivity (Wildman–Crippen MR) is 68.9 cm³/mol. The average Bonchev–Trinajstić information content (AvgIpc) is 2.76. The first-order valence-electron chi connectivity index (χ1n) is 5.47. The predicted octanol–water partition coefficient (Wildman–Crippen LogP) is 3.67. The number of benzene rings is 1. The van der Waals surface area contributed by atoms with Crippen molar-refractivity contribution in [3.05, 3.63) is 46.2 Å². The zero-order valence-corrected chi connectivity index (χ0v) is 11.5. The smallest absolute Gasteiger partial charge is 0.324 e. The molecule has 7 heteroatoms. The second-order valence-corrected chi connectivity index (χ2v) is 4.99. The van der Waals surface area contributed by atoms with E-state index in [1.54, 1.807) is 18.2 Å². The molecule has 0 bridgehead atoms. The van der Waals surface area contributed by atoms with Gasteiger partial charge >= 0.3 is 6.18 Å². The summed E-state index contributed by atoms with van der Waals surface area (Å²) in [5.74, 6) is 0. The molecule has 2 rings (SSSR count). The molecule has 2 aromatic rings. The summed E-state index contributed by atoms with van der Waals surface area (Å²) in [6.07, 6.45) is -3.16. The van der Waals surface area contributed by atoms with Gasteiger partial charge in [-0.05, 0) is 30.7 Å². The quantitative estimate of drug-likeness (QED) is 0.911. The van der Waals surface area contributed by atoms with E-state index in [4.69, 9.17) is 5.73 Å². The van der Waals surface area contributed by atoms with Crippen molar-refractivity contribution in [3.63, 3.8) is 0 Å². The first-order valence-corrected chi connectivity index (χ1v) is 6.26. The number of alkyl halides is 3. The molecule has 1 heterocycles. The van der Waals surface area contributed by atoms with Crippen molar-refractivity contribution in [2.75, 3.05) is 0 Å². The third-order valence-electron chi connectivity index (χ3n) is 2.62. The molecule has 3 nitrogen and oxygen atoms in total. The van der Waals surface area contributed by atoms with E-state index in [1.165, 1.54) is 10.9 Å². The largest absolute Gasteiger partial charge is 0.435 e. The maximum Gasteiger partial charge on any atom is 0.435 e. The normalized spacial score (nSPS) is 13.6. The van der Waals surface area contributed by atoms with Crippen molar-refractivity contribution in [1.29, 1.82) is 0 Å². The molecule has 0 saturated carbocycles. The molecule has 19 heavy (non-hydrogen) atoms. The van der Waals surface area contributed by atoms with E-state index in [-0.39, 0.29) is 6.04 Å². The standard InChI is InChI=1S/C12H11BrF3N3/c1-7(17)9-3-2-8(6-10(9)13)19-5-4-11(18-19)12(14,15)16/h2-7H,17H2,1H3/t7-/m1/s1. The van der Waals surface area contributed by atoms with Crippen LogP contribution in [0.25, 0.3) is 5.69 Å². The monoisotopic (exact) mass is 333 g/mol. The average molecular weight is 334 g/mol. The minimum absolute atomic E-state index is 0.160. The Morgan fingerprint density at radius 3 is 2.47 bits per heavy atom. The fourth-order valence-electron chi connectivity index (χ4n) is 1.65. The van der Waals surface area contributed by atoms with Crippen LogP contribution in [0.2, 0.25) is 0 Å². The van der Waals surface area contributed by atoms with Crippen molar-refractivity contribution in [2.24, 2.45) is 5.73 Å². The minimum atomic E-state index is -4.44. The summed E-state index contributed by atoms with van der Waals surface area (Å²) < 4.78 is 39.3. The molecule has 0 unspecified atom stereocenters. The highest BCUT2D eigenvalue weighted by Gasteiger charge is 2.33. The van der Waals surface area contributed by atoms with Gasteiger partial charge in [-0.1, -0.05) is 22.0 Å². The highest BCUT2D eigenvalue weighted by Crippen LogP contribution is 2.29. The molecule has 2 N–H and O–H groups in total. The summed E-state index contributed by atoms with van der Waals surface area (Å²) in [6.45, 7) is 1.83. The SMILES string of the molecule is C[C@@H](N)c1ccc(-n2ccc(C(F)(F)F)n2)cc1Br. The highest BCUT2D eigenvalue weighted by atomic mass is 79.9. The molecule has 0 aliphatic carbocycles. The second-order valence-electron chi connectivity index (χ2n) is 4.14. The Bertz CT molecular complexity index is 590. The molecule has 0 saturated heterocycles. The molecular formula is C12H11BrF3N3. The maximum absolute atomic E-state index is 12.5. The molecule has 0 spiro atoms. The van der Waals surface area contributed by atoms with Gasteiger partial charge < -0.3 is 5.73 Å². The molecule has 0 radical (unpaired) electrons. The summed E-state index contributed by atoms with van der Waals surface area (Å²) in [5, 5.41) is 3.51. The summed E-state index contributed by atoms with van der Waals surface area (Å²) in [4.78, 5) is 0. The first kappa shape index (κ1) is 14.1. The van der Waals surface area contributed by atoms with Gasteiger partial charge in [0.15, 0.2) is 5.69 Å². The number of nitrogens with two attached hydrogens (primary N) is 1. The molecule has 1 atom stereocenters. The van der Waals surface area contributed by atoms with Crippen LogP contribution in [0.3, 0.4) is 0 Å². The van der Waals surface area contributed by atoms with Crippen LogP contribution < -0.4 is 5.73 Å². The van der Waals surface area contributed by atoms with Crippen molar-refractivity contribution < 1.29 is 13.2 Å². The molecule has 1 aromatic heterocycles. The van der Waals surface area contributed by atoms with E-state index in [9.17, 15) is 13.2 Å². The lowest BCUT2D eigenvalue weighted by atomic mass is 10.1. The molecular weight excluding hydrogens is 323 g/mol. The van der Waals surface area contributed by atoms with Gasteiger partial charge in [0.1, 0.15) is 0 Å². The molecule has 0 amide bonds. The van der Waals surface area contributed by atoms with E-state index in [0.29, 0.717) is 5.69 Å². The number of aromatic nitrogens is 2. The summed E-state index contributed by atoms with van der Waals surface area (Å²) in [7, 11) is 0. The van der Waals surface area contributed by atoms with E-state index >= 15 is 0 Å². The topological polar surface area (TPSA) is 43.8 Å². The van der Waals surface area contributed by atoms with Crippen molar-refractivity contribution in [2.45, 2.75) is 19.1 Å². The first-order chi connectivity index (χ1) is 8.79. The third-order valence-corrected chi connectivity index (χ3v) is 3.31. The van der Waals surface area contributed by atoms with Gasteiger partial charge in [0.05, 0.1) is 5.69 Å². The molecule has 0 aliphatic heterocycles. The van der Waals surface area contributed by atoms with E-state index in [0.717, 1.165) is 16.1 Å². The fraction of sp³-hybridized carbons (Fsp3) is 0.250. The van der Waals surface area contributed by atoms with Crippen molar-refractivity contribution in [1.82, 2.24) is 9.78 Å². The van der Waals surface area contributed by atoms with E-state index in [1.807, 2.05) is 6.92 Å². The van der Waals surface area contributed by atoms with Crippen LogP contribution >= 0.6 is 15.9 Å². The van der Waals surface area contributed by atoms with Gasteiger partial charge in [0, 0.05) is 16.7 Å². The van der Waals surface area contributed by atoms with Crippen LogP contribution in [-0.2, 0) is 6.18 Å². The lowest BCUT2D eigenvalue weighted by molar-refractivity contribution is -0.141. The Kier molecular flexibility index (Phi) is 3.69. The van der Waals surface area contributed by atoms with Gasteiger partial charge in [-0.15, -0.1) is 0 Å². The molecule has 102 valence electrons. The van der Waals surface area contributed by atoms with Crippen LogP contribution in [0.5, 0.6) is 0 Å². The summed E-state index contributed by atoms with van der Waals surface area (Å²) in [6, 6.07) is 5.90. The minimum Gasteiger partial charge on any atom is -0.324 e. The third kappa shape index (κ3) is 2.98. The number of halogens is 4. The Morgan fingerprint density at radius 2 is 2.00 bits per heavy atom. The van der Waals surface area contributed by atoms with E-state index < -0.39 is 11.9 Å². The molecule has 0 aliphatic rings. The van der Waals surface area contributed by atoms with Crippen LogP contribution in [0.1, 0.15) is 24.2 Å². The lowest BCUT2D eigenvalue weighted by Crippen LogP contribution is -2.08. The number of rotatable bonds is 2. The van der Waals surface area contributed by atoms with E-state index in [2.05, 4.69) is 21.0 Å². The number of nitrogens with zero attached hydrogens (tertiary/aromatic N) is 2. The Labute approximate surface area is 116 Å². The summed E-state index contributed by atoms with van der Waals surface area (Å²) >= 11 is 3.35.